The molecule has 4 rings (SSSR count). The first-order chi connectivity index (χ1) is 13.5. The molecule has 3 heterocycles. The van der Waals surface area contributed by atoms with Gasteiger partial charge in [-0.1, -0.05) is 17.7 Å². The standard InChI is InChI=1S/C20H19ClFN5O/c1-26-18(28)11-16(13-5-7-23-8-6-13)25-20(26)27-10-9-24-17(12-27)19-14(21)3-2-4-15(19)22/h2-8,11,17,24H,9-10,12H2,1H3. The van der Waals surface area contributed by atoms with Crippen LogP contribution in [0.2, 0.25) is 5.02 Å². The number of rotatable bonds is 3. The molecule has 0 amide bonds. The summed E-state index contributed by atoms with van der Waals surface area (Å²) in [5.41, 5.74) is 1.68. The van der Waals surface area contributed by atoms with Crippen molar-refractivity contribution in [2.24, 2.45) is 7.05 Å². The van der Waals surface area contributed by atoms with Crippen molar-refractivity contribution in [2.45, 2.75) is 6.04 Å². The Morgan fingerprint density at radius 1 is 1.25 bits per heavy atom. The van der Waals surface area contributed by atoms with E-state index in [9.17, 15) is 9.18 Å². The monoisotopic (exact) mass is 399 g/mol. The zero-order chi connectivity index (χ0) is 19.7. The predicted molar refractivity (Wildman–Crippen MR) is 107 cm³/mol. The van der Waals surface area contributed by atoms with E-state index >= 15 is 0 Å². The molecule has 3 aromatic rings. The van der Waals surface area contributed by atoms with Gasteiger partial charge in [0.1, 0.15) is 5.82 Å². The van der Waals surface area contributed by atoms with Crippen LogP contribution in [-0.2, 0) is 7.05 Å². The molecule has 0 spiro atoms. The smallest absolute Gasteiger partial charge is 0.255 e. The minimum Gasteiger partial charge on any atom is -0.339 e. The number of piperazine rings is 1. The second kappa shape index (κ2) is 7.69. The van der Waals surface area contributed by atoms with Gasteiger partial charge in [-0.3, -0.25) is 14.3 Å². The quantitative estimate of drug-likeness (QED) is 0.733. The van der Waals surface area contributed by atoms with E-state index in [4.69, 9.17) is 16.6 Å². The van der Waals surface area contributed by atoms with E-state index in [0.29, 0.717) is 41.9 Å². The highest BCUT2D eigenvalue weighted by Crippen LogP contribution is 2.29. The van der Waals surface area contributed by atoms with Crippen molar-refractivity contribution in [3.05, 3.63) is 75.5 Å². The van der Waals surface area contributed by atoms with Crippen LogP contribution in [0.25, 0.3) is 11.3 Å². The first kappa shape index (κ1) is 18.6. The molecule has 1 saturated heterocycles. The Morgan fingerprint density at radius 2 is 2.04 bits per heavy atom. The summed E-state index contributed by atoms with van der Waals surface area (Å²) in [4.78, 5) is 23.2. The number of aromatic nitrogens is 3. The number of halogens is 2. The third-order valence-corrected chi connectivity index (χ3v) is 5.22. The fraction of sp³-hybridized carbons (Fsp3) is 0.250. The molecule has 6 nitrogen and oxygen atoms in total. The third-order valence-electron chi connectivity index (χ3n) is 4.89. The van der Waals surface area contributed by atoms with Crippen LogP contribution in [0.5, 0.6) is 0 Å². The molecule has 1 aromatic carbocycles. The lowest BCUT2D eigenvalue weighted by atomic mass is 10.0. The van der Waals surface area contributed by atoms with Crippen LogP contribution in [0.3, 0.4) is 0 Å². The molecule has 1 N–H and O–H groups in total. The number of benzene rings is 1. The molecule has 1 unspecified atom stereocenters. The van der Waals surface area contributed by atoms with E-state index in [2.05, 4.69) is 10.3 Å². The Labute approximate surface area is 166 Å². The number of nitrogens with one attached hydrogen (secondary N) is 1. The lowest BCUT2D eigenvalue weighted by Crippen LogP contribution is -2.48. The van der Waals surface area contributed by atoms with E-state index in [1.54, 1.807) is 31.6 Å². The lowest BCUT2D eigenvalue weighted by molar-refractivity contribution is 0.445. The van der Waals surface area contributed by atoms with Gasteiger partial charge >= 0.3 is 0 Å². The average molecular weight is 400 g/mol. The van der Waals surface area contributed by atoms with Gasteiger partial charge in [-0.05, 0) is 24.3 Å². The van der Waals surface area contributed by atoms with Crippen LogP contribution in [0.15, 0.2) is 53.6 Å². The van der Waals surface area contributed by atoms with E-state index in [1.165, 1.54) is 16.7 Å². The summed E-state index contributed by atoms with van der Waals surface area (Å²) in [5.74, 6) is 0.192. The van der Waals surface area contributed by atoms with E-state index < -0.39 is 0 Å². The van der Waals surface area contributed by atoms with Crippen molar-refractivity contribution < 1.29 is 4.39 Å². The number of anilines is 1. The number of hydrogen-bond acceptors (Lipinski definition) is 5. The van der Waals surface area contributed by atoms with E-state index in [0.717, 1.165) is 5.56 Å². The maximum Gasteiger partial charge on any atom is 0.255 e. The minimum atomic E-state index is -0.348. The van der Waals surface area contributed by atoms with Crippen molar-refractivity contribution in [1.29, 1.82) is 0 Å². The van der Waals surface area contributed by atoms with Crippen LogP contribution >= 0.6 is 11.6 Å². The minimum absolute atomic E-state index is 0.157. The van der Waals surface area contributed by atoms with Crippen molar-refractivity contribution >= 4 is 17.5 Å². The predicted octanol–water partition coefficient (Wildman–Crippen LogP) is 2.79. The summed E-state index contributed by atoms with van der Waals surface area (Å²) in [6.07, 6.45) is 3.32. The molecule has 28 heavy (non-hydrogen) atoms. The molecular weight excluding hydrogens is 381 g/mol. The number of pyridine rings is 1. The van der Waals surface area contributed by atoms with Gasteiger partial charge in [-0.15, -0.1) is 0 Å². The molecule has 1 aliphatic heterocycles. The fourth-order valence-corrected chi connectivity index (χ4v) is 3.74. The van der Waals surface area contributed by atoms with Crippen molar-refractivity contribution in [3.63, 3.8) is 0 Å². The molecular formula is C20H19ClFN5O. The highest BCUT2D eigenvalue weighted by molar-refractivity contribution is 6.31. The van der Waals surface area contributed by atoms with Gasteiger partial charge in [0.05, 0.1) is 11.7 Å². The van der Waals surface area contributed by atoms with Gasteiger partial charge in [0, 0.05) is 61.3 Å². The first-order valence-corrected chi connectivity index (χ1v) is 9.33. The van der Waals surface area contributed by atoms with Gasteiger partial charge in [-0.2, -0.15) is 0 Å². The fourth-order valence-electron chi connectivity index (χ4n) is 3.45. The Morgan fingerprint density at radius 3 is 2.79 bits per heavy atom. The molecule has 1 atom stereocenters. The summed E-state index contributed by atoms with van der Waals surface area (Å²) < 4.78 is 15.9. The van der Waals surface area contributed by atoms with Gasteiger partial charge in [-0.25, -0.2) is 9.37 Å². The summed E-state index contributed by atoms with van der Waals surface area (Å²) in [7, 11) is 1.69. The lowest BCUT2D eigenvalue weighted by Gasteiger charge is -2.35. The normalized spacial score (nSPS) is 17.0. The highest BCUT2D eigenvalue weighted by Gasteiger charge is 2.27. The molecule has 0 saturated carbocycles. The number of nitrogens with zero attached hydrogens (tertiary/aromatic N) is 4. The van der Waals surface area contributed by atoms with Gasteiger partial charge in [0.15, 0.2) is 0 Å². The summed E-state index contributed by atoms with van der Waals surface area (Å²) in [6, 6.07) is 9.50. The SMILES string of the molecule is Cn1c(N2CCNC(c3c(F)cccc3Cl)C2)nc(-c2ccncc2)cc1=O. The average Bonchev–Trinajstić information content (AvgIpc) is 2.71. The number of hydrogen-bond donors (Lipinski definition) is 1. The Balaban J connectivity index is 1.71. The summed E-state index contributed by atoms with van der Waals surface area (Å²) >= 11 is 6.24. The molecule has 0 bridgehead atoms. The summed E-state index contributed by atoms with van der Waals surface area (Å²) in [5, 5.41) is 3.69. The van der Waals surface area contributed by atoms with Crippen molar-refractivity contribution in [3.8, 4) is 11.3 Å². The molecule has 1 aliphatic rings. The Kier molecular flexibility index (Phi) is 5.11. The Bertz CT molecular complexity index is 1040. The van der Waals surface area contributed by atoms with Crippen molar-refractivity contribution in [2.75, 3.05) is 24.5 Å². The van der Waals surface area contributed by atoms with Crippen LogP contribution < -0.4 is 15.8 Å². The van der Waals surface area contributed by atoms with Crippen LogP contribution in [0, 0.1) is 5.82 Å². The Hall–Kier alpha value is -2.77. The highest BCUT2D eigenvalue weighted by atomic mass is 35.5. The first-order valence-electron chi connectivity index (χ1n) is 8.95. The largest absolute Gasteiger partial charge is 0.339 e. The van der Waals surface area contributed by atoms with Crippen LogP contribution in [-0.4, -0.2) is 34.2 Å². The third kappa shape index (κ3) is 3.50. The van der Waals surface area contributed by atoms with Gasteiger partial charge in [0.25, 0.3) is 5.56 Å². The van der Waals surface area contributed by atoms with Gasteiger partial charge < -0.3 is 10.2 Å². The maximum atomic E-state index is 14.4. The van der Waals surface area contributed by atoms with Crippen LogP contribution in [0.1, 0.15) is 11.6 Å². The zero-order valence-corrected chi connectivity index (χ0v) is 16.0. The topological polar surface area (TPSA) is 63.1 Å². The van der Waals surface area contributed by atoms with E-state index in [1.807, 2.05) is 17.0 Å². The second-order valence-corrected chi connectivity index (χ2v) is 7.07. The molecule has 144 valence electrons. The molecule has 0 aliphatic carbocycles. The molecule has 2 aromatic heterocycles. The van der Waals surface area contributed by atoms with Crippen molar-refractivity contribution in [1.82, 2.24) is 19.9 Å². The molecule has 1 fully saturated rings. The zero-order valence-electron chi connectivity index (χ0n) is 15.3. The maximum absolute atomic E-state index is 14.4. The molecule has 8 heteroatoms. The van der Waals surface area contributed by atoms with E-state index in [-0.39, 0.29) is 17.4 Å². The van der Waals surface area contributed by atoms with Crippen LogP contribution in [0.4, 0.5) is 10.3 Å². The van der Waals surface area contributed by atoms with Gasteiger partial charge in [0.2, 0.25) is 5.95 Å². The molecule has 0 radical (unpaired) electrons. The second-order valence-electron chi connectivity index (χ2n) is 6.66. The summed E-state index contributed by atoms with van der Waals surface area (Å²) in [6.45, 7) is 1.70.